The predicted octanol–water partition coefficient (Wildman–Crippen LogP) is 3.16. The number of carbonyl (C=O) groups excluding carboxylic acids is 1. The average Bonchev–Trinajstić information content (AvgIpc) is 2.82. The van der Waals surface area contributed by atoms with Gasteiger partial charge in [0.25, 0.3) is 5.91 Å². The third-order valence-electron chi connectivity index (χ3n) is 4.56. The van der Waals surface area contributed by atoms with E-state index in [0.29, 0.717) is 10.9 Å². The summed E-state index contributed by atoms with van der Waals surface area (Å²) in [6.07, 6.45) is 1.57. The van der Waals surface area contributed by atoms with Crippen molar-refractivity contribution < 1.29 is 22.7 Å². The number of carbonyl (C=O) groups is 1. The van der Waals surface area contributed by atoms with Gasteiger partial charge in [-0.1, -0.05) is 23.7 Å². The molecule has 0 aliphatic heterocycles. The van der Waals surface area contributed by atoms with Crippen molar-refractivity contribution in [2.45, 2.75) is 18.0 Å². The Hall–Kier alpha value is -3.14. The van der Waals surface area contributed by atoms with Crippen LogP contribution in [0, 0.1) is 0 Å². The molecule has 0 radical (unpaired) electrons. The first-order valence-electron chi connectivity index (χ1n) is 9.51. The number of benzene rings is 2. The second kappa shape index (κ2) is 10.4. The fourth-order valence-electron chi connectivity index (χ4n) is 2.84. The van der Waals surface area contributed by atoms with E-state index < -0.39 is 15.9 Å². The minimum absolute atomic E-state index is 0.0585. The van der Waals surface area contributed by atoms with Crippen molar-refractivity contribution in [3.63, 3.8) is 0 Å². The lowest BCUT2D eigenvalue weighted by molar-refractivity contribution is 0.0950. The maximum Gasteiger partial charge on any atom is 0.251 e. The van der Waals surface area contributed by atoms with Gasteiger partial charge in [0.2, 0.25) is 15.9 Å². The number of sulfonamides is 1. The molecule has 0 atom stereocenters. The van der Waals surface area contributed by atoms with Gasteiger partial charge in [-0.3, -0.25) is 4.79 Å². The van der Waals surface area contributed by atoms with E-state index in [4.69, 9.17) is 21.1 Å². The molecule has 0 saturated heterocycles. The van der Waals surface area contributed by atoms with Crippen molar-refractivity contribution in [1.82, 2.24) is 15.0 Å². The van der Waals surface area contributed by atoms with E-state index in [1.807, 2.05) is 0 Å². The summed E-state index contributed by atoms with van der Waals surface area (Å²) in [5, 5.41) is 3.31. The van der Waals surface area contributed by atoms with Crippen LogP contribution in [0.15, 0.2) is 65.7 Å². The Morgan fingerprint density at radius 3 is 2.41 bits per heavy atom. The topological polar surface area (TPSA) is 107 Å². The predicted molar refractivity (Wildman–Crippen MR) is 120 cm³/mol. The lowest BCUT2D eigenvalue weighted by atomic mass is 10.2. The van der Waals surface area contributed by atoms with E-state index >= 15 is 0 Å². The monoisotopic (exact) mass is 475 g/mol. The van der Waals surface area contributed by atoms with Gasteiger partial charge in [-0.2, -0.15) is 0 Å². The summed E-state index contributed by atoms with van der Waals surface area (Å²) in [6.45, 7) is 0.281. The van der Waals surface area contributed by atoms with Gasteiger partial charge in [0.15, 0.2) is 0 Å². The molecule has 10 heteroatoms. The Labute approximate surface area is 191 Å². The van der Waals surface area contributed by atoms with Crippen molar-refractivity contribution in [2.24, 2.45) is 0 Å². The van der Waals surface area contributed by atoms with E-state index in [9.17, 15) is 13.2 Å². The van der Waals surface area contributed by atoms with Gasteiger partial charge < -0.3 is 14.8 Å². The van der Waals surface area contributed by atoms with E-state index in [2.05, 4.69) is 15.0 Å². The summed E-state index contributed by atoms with van der Waals surface area (Å²) in [6, 6.07) is 14.5. The Bertz CT molecular complexity index is 1200. The Balaban J connectivity index is 1.76. The highest BCUT2D eigenvalue weighted by Crippen LogP contribution is 2.25. The molecule has 32 heavy (non-hydrogen) atoms. The molecule has 8 nitrogen and oxygen atoms in total. The van der Waals surface area contributed by atoms with Gasteiger partial charge in [-0.15, -0.1) is 0 Å². The molecule has 1 aromatic heterocycles. The Morgan fingerprint density at radius 1 is 0.969 bits per heavy atom. The zero-order valence-corrected chi connectivity index (χ0v) is 19.0. The third-order valence-corrected chi connectivity index (χ3v) is 6.23. The van der Waals surface area contributed by atoms with Crippen LogP contribution in [-0.2, 0) is 23.1 Å². The molecule has 0 aliphatic carbocycles. The van der Waals surface area contributed by atoms with Crippen LogP contribution in [0.5, 0.6) is 11.6 Å². The number of ether oxygens (including phenoxy) is 2. The average molecular weight is 476 g/mol. The Morgan fingerprint density at radius 2 is 1.72 bits per heavy atom. The van der Waals surface area contributed by atoms with Crippen molar-refractivity contribution in [3.8, 4) is 11.6 Å². The number of pyridine rings is 1. The number of hydrogen-bond acceptors (Lipinski definition) is 6. The van der Waals surface area contributed by atoms with Crippen LogP contribution in [-0.4, -0.2) is 33.5 Å². The highest BCUT2D eigenvalue weighted by Gasteiger charge is 2.21. The summed E-state index contributed by atoms with van der Waals surface area (Å²) < 4.78 is 38.6. The molecule has 3 rings (SSSR count). The molecule has 0 fully saturated rings. The molecule has 3 aromatic rings. The number of hydrogen-bond donors (Lipinski definition) is 2. The molecule has 2 aromatic carbocycles. The van der Waals surface area contributed by atoms with Crippen LogP contribution in [0.25, 0.3) is 0 Å². The van der Waals surface area contributed by atoms with Gasteiger partial charge in [0, 0.05) is 35.9 Å². The molecular weight excluding hydrogens is 454 g/mol. The van der Waals surface area contributed by atoms with Crippen molar-refractivity contribution in [1.29, 1.82) is 0 Å². The first-order valence-corrected chi connectivity index (χ1v) is 11.4. The van der Waals surface area contributed by atoms with Gasteiger partial charge in [-0.05, 0) is 47.5 Å². The first kappa shape index (κ1) is 23.5. The molecule has 0 unspecified atom stereocenters. The molecule has 0 aliphatic rings. The first-order chi connectivity index (χ1) is 15.3. The summed E-state index contributed by atoms with van der Waals surface area (Å²) >= 11 is 5.86. The number of methoxy groups -OCH3 is 2. The lowest BCUT2D eigenvalue weighted by Gasteiger charge is -2.13. The van der Waals surface area contributed by atoms with Crippen LogP contribution >= 0.6 is 11.6 Å². The fraction of sp³-hybridized carbons (Fsp3) is 0.182. The second-order valence-electron chi connectivity index (χ2n) is 6.71. The highest BCUT2D eigenvalue weighted by molar-refractivity contribution is 7.89. The maximum atomic E-state index is 12.9. The quantitative estimate of drug-likeness (QED) is 0.492. The summed E-state index contributed by atoms with van der Waals surface area (Å²) in [5.74, 6) is 0.128. The third kappa shape index (κ3) is 5.97. The largest absolute Gasteiger partial charge is 0.495 e. The number of rotatable bonds is 9. The van der Waals surface area contributed by atoms with Crippen LogP contribution in [0.1, 0.15) is 21.5 Å². The second-order valence-corrected chi connectivity index (χ2v) is 8.88. The zero-order valence-electron chi connectivity index (χ0n) is 17.5. The van der Waals surface area contributed by atoms with E-state index in [1.165, 1.54) is 32.4 Å². The van der Waals surface area contributed by atoms with Gasteiger partial charge >= 0.3 is 0 Å². The minimum Gasteiger partial charge on any atom is -0.495 e. The maximum absolute atomic E-state index is 12.9. The van der Waals surface area contributed by atoms with Gasteiger partial charge in [-0.25, -0.2) is 18.1 Å². The molecule has 168 valence electrons. The molecule has 0 saturated carbocycles. The van der Waals surface area contributed by atoms with E-state index in [1.54, 1.807) is 42.6 Å². The Kier molecular flexibility index (Phi) is 7.68. The van der Waals surface area contributed by atoms with Crippen molar-refractivity contribution >= 4 is 27.5 Å². The number of nitrogens with zero attached hydrogens (tertiary/aromatic N) is 1. The molecule has 0 spiro atoms. The zero-order chi connectivity index (χ0) is 23.1. The van der Waals surface area contributed by atoms with Crippen LogP contribution in [0.3, 0.4) is 0 Å². The van der Waals surface area contributed by atoms with Gasteiger partial charge in [0.05, 0.1) is 14.2 Å². The summed E-state index contributed by atoms with van der Waals surface area (Å²) in [5.41, 5.74) is 1.70. The summed E-state index contributed by atoms with van der Waals surface area (Å²) in [7, 11) is -1.09. The van der Waals surface area contributed by atoms with Gasteiger partial charge in [0.1, 0.15) is 10.6 Å². The molecule has 2 N–H and O–H groups in total. The number of nitrogens with one attached hydrogen (secondary N) is 2. The smallest absolute Gasteiger partial charge is 0.251 e. The summed E-state index contributed by atoms with van der Waals surface area (Å²) in [4.78, 5) is 16.5. The van der Waals surface area contributed by atoms with Crippen LogP contribution < -0.4 is 19.5 Å². The van der Waals surface area contributed by atoms with Crippen molar-refractivity contribution in [3.05, 3.63) is 82.5 Å². The van der Waals surface area contributed by atoms with Crippen LogP contribution in [0.2, 0.25) is 5.02 Å². The van der Waals surface area contributed by atoms with E-state index in [0.717, 1.165) is 11.1 Å². The molecular formula is C22H22ClN3O5S. The molecule has 1 heterocycles. The lowest BCUT2D eigenvalue weighted by Crippen LogP contribution is -2.26. The number of aromatic nitrogens is 1. The molecule has 1 amide bonds. The van der Waals surface area contributed by atoms with Crippen LogP contribution in [0.4, 0.5) is 0 Å². The normalized spacial score (nSPS) is 11.1. The fourth-order valence-corrected chi connectivity index (χ4v) is 4.18. The minimum atomic E-state index is -3.96. The number of halogens is 1. The standard InChI is InChI=1S/C22H22ClN3O5S/c1-30-19-8-5-17(22(27)25-13-16-9-10-24-21(11-16)31-2)12-20(19)32(28,29)26-14-15-3-6-18(23)7-4-15/h3-12,26H,13-14H2,1-2H3,(H,25,27). The SMILES string of the molecule is COc1cc(CNC(=O)c2ccc(OC)c(S(=O)(=O)NCc3ccc(Cl)cc3)c2)ccn1. The van der Waals surface area contributed by atoms with E-state index in [-0.39, 0.29) is 29.3 Å². The van der Waals surface area contributed by atoms with Crippen molar-refractivity contribution in [2.75, 3.05) is 14.2 Å². The highest BCUT2D eigenvalue weighted by atomic mass is 35.5. The molecule has 0 bridgehead atoms. The number of amides is 1.